The average Bonchev–Trinajstić information content (AvgIpc) is 3.00. The minimum atomic E-state index is -5.08. The van der Waals surface area contributed by atoms with Crippen molar-refractivity contribution in [2.75, 3.05) is 32.9 Å². The molecule has 28 heavy (non-hydrogen) atoms. The fourth-order valence-corrected chi connectivity index (χ4v) is 3.60. The van der Waals surface area contributed by atoms with Crippen molar-refractivity contribution >= 4 is 5.97 Å². The summed E-state index contributed by atoms with van der Waals surface area (Å²) in [5.74, 6) is -2.29. The summed E-state index contributed by atoms with van der Waals surface area (Å²) in [7, 11) is 0. The van der Waals surface area contributed by atoms with Gasteiger partial charge in [-0.15, -0.1) is 0 Å². The molecule has 0 aromatic heterocycles. The van der Waals surface area contributed by atoms with E-state index in [1.165, 1.54) is 6.07 Å². The normalized spacial score (nSPS) is 21.1. The second kappa shape index (κ2) is 9.67. The van der Waals surface area contributed by atoms with Gasteiger partial charge in [-0.1, -0.05) is 18.2 Å². The van der Waals surface area contributed by atoms with Gasteiger partial charge in [-0.2, -0.15) is 13.2 Å². The number of carboxylic acid groups (broad SMARTS) is 1. The van der Waals surface area contributed by atoms with Crippen LogP contribution in [0.15, 0.2) is 24.3 Å². The van der Waals surface area contributed by atoms with E-state index >= 15 is 0 Å². The number of carboxylic acids is 1. The van der Waals surface area contributed by atoms with Gasteiger partial charge in [0, 0.05) is 45.0 Å². The zero-order valence-electron chi connectivity index (χ0n) is 15.7. The molecule has 158 valence electrons. The second-order valence-electron chi connectivity index (χ2n) is 6.92. The summed E-state index contributed by atoms with van der Waals surface area (Å²) in [6.45, 7) is 6.98. The molecule has 2 heterocycles. The van der Waals surface area contributed by atoms with Crippen LogP contribution in [0.4, 0.5) is 17.6 Å². The summed E-state index contributed by atoms with van der Waals surface area (Å²) >= 11 is 0. The molecule has 0 radical (unpaired) electrons. The molecule has 1 unspecified atom stereocenters. The summed E-state index contributed by atoms with van der Waals surface area (Å²) in [6, 6.07) is 7.02. The lowest BCUT2D eigenvalue weighted by molar-refractivity contribution is -0.192. The van der Waals surface area contributed by atoms with Crippen LogP contribution in [0, 0.1) is 11.7 Å². The van der Waals surface area contributed by atoms with Crippen molar-refractivity contribution in [3.05, 3.63) is 35.6 Å². The van der Waals surface area contributed by atoms with E-state index in [0.29, 0.717) is 12.5 Å². The Kier molecular flexibility index (Phi) is 7.79. The third-order valence-corrected chi connectivity index (χ3v) is 4.99. The molecule has 0 bridgehead atoms. The zero-order chi connectivity index (χ0) is 20.8. The Hall–Kier alpha value is -1.71. The molecule has 0 aliphatic carbocycles. The van der Waals surface area contributed by atoms with Crippen LogP contribution in [0.3, 0.4) is 0 Å². The van der Waals surface area contributed by atoms with E-state index in [-0.39, 0.29) is 11.4 Å². The number of alkyl halides is 3. The minimum Gasteiger partial charge on any atom is -0.475 e. The van der Waals surface area contributed by atoms with Gasteiger partial charge < -0.3 is 14.6 Å². The predicted molar refractivity (Wildman–Crippen MR) is 93.3 cm³/mol. The maximum Gasteiger partial charge on any atom is 0.490 e. The van der Waals surface area contributed by atoms with Crippen molar-refractivity contribution in [2.45, 2.75) is 38.1 Å². The number of aliphatic carboxylic acids is 1. The first kappa shape index (κ1) is 22.6. The Morgan fingerprint density at radius 1 is 1.36 bits per heavy atom. The Morgan fingerprint density at radius 3 is 2.57 bits per heavy atom. The quantitative estimate of drug-likeness (QED) is 0.578. The summed E-state index contributed by atoms with van der Waals surface area (Å²) in [5.41, 5.74) is 0.777. The fourth-order valence-electron chi connectivity index (χ4n) is 3.60. The van der Waals surface area contributed by atoms with E-state index in [1.807, 2.05) is 19.1 Å². The monoisotopic (exact) mass is 407 g/mol. The van der Waals surface area contributed by atoms with Crippen molar-refractivity contribution in [1.29, 1.82) is 0 Å². The molecule has 1 aromatic rings. The van der Waals surface area contributed by atoms with Gasteiger partial charge in [0.15, 0.2) is 0 Å². The Labute approximate surface area is 161 Å². The zero-order valence-corrected chi connectivity index (χ0v) is 15.7. The summed E-state index contributed by atoms with van der Waals surface area (Å²) in [6.07, 6.45) is -2.89. The third kappa shape index (κ3) is 5.89. The molecular formula is C19H25F4NO4. The maximum absolute atomic E-state index is 13.7. The summed E-state index contributed by atoms with van der Waals surface area (Å²) in [5, 5.41) is 7.12. The predicted octanol–water partition coefficient (Wildman–Crippen LogP) is 3.48. The highest BCUT2D eigenvalue weighted by molar-refractivity contribution is 5.73. The van der Waals surface area contributed by atoms with E-state index in [0.717, 1.165) is 51.3 Å². The highest BCUT2D eigenvalue weighted by atomic mass is 19.4. The Bertz CT molecular complexity index is 647. The van der Waals surface area contributed by atoms with Gasteiger partial charge in [-0.05, 0) is 31.7 Å². The molecule has 3 rings (SSSR count). The smallest absolute Gasteiger partial charge is 0.475 e. The molecule has 2 fully saturated rings. The standard InChI is InChI=1S/C17H24FNO2.C2HF3O2/c1-2-20-9-7-15-8-10-21-17(15)12-19(13-17)11-14-5-3-4-6-16(14)18;3-2(4,5)1(6)7/h3-6,15H,2,7-13H2,1H3;(H,6,7). The van der Waals surface area contributed by atoms with Crippen LogP contribution in [0.2, 0.25) is 0 Å². The molecule has 1 N–H and O–H groups in total. The van der Waals surface area contributed by atoms with E-state index in [2.05, 4.69) is 4.90 Å². The van der Waals surface area contributed by atoms with Crippen molar-refractivity contribution < 1.29 is 36.9 Å². The van der Waals surface area contributed by atoms with Crippen LogP contribution in [0.5, 0.6) is 0 Å². The van der Waals surface area contributed by atoms with Gasteiger partial charge in [-0.25, -0.2) is 9.18 Å². The van der Waals surface area contributed by atoms with Gasteiger partial charge in [0.05, 0.1) is 5.60 Å². The molecule has 2 aliphatic rings. The van der Waals surface area contributed by atoms with Crippen LogP contribution in [0.1, 0.15) is 25.3 Å². The number of hydrogen-bond acceptors (Lipinski definition) is 4. The first-order valence-electron chi connectivity index (χ1n) is 9.15. The first-order chi connectivity index (χ1) is 13.2. The largest absolute Gasteiger partial charge is 0.490 e. The fraction of sp³-hybridized carbons (Fsp3) is 0.632. The Balaban J connectivity index is 0.000000345. The number of ether oxygens (including phenoxy) is 2. The van der Waals surface area contributed by atoms with Crippen LogP contribution in [-0.2, 0) is 20.8 Å². The molecule has 1 spiro atoms. The molecule has 0 saturated carbocycles. The van der Waals surface area contributed by atoms with Crippen LogP contribution in [-0.4, -0.2) is 60.7 Å². The van der Waals surface area contributed by atoms with Crippen molar-refractivity contribution in [3.63, 3.8) is 0 Å². The van der Waals surface area contributed by atoms with E-state index in [1.54, 1.807) is 6.07 Å². The number of benzene rings is 1. The van der Waals surface area contributed by atoms with Crippen molar-refractivity contribution in [2.24, 2.45) is 5.92 Å². The van der Waals surface area contributed by atoms with Gasteiger partial charge in [0.1, 0.15) is 5.82 Å². The topological polar surface area (TPSA) is 59.0 Å². The van der Waals surface area contributed by atoms with Crippen LogP contribution < -0.4 is 0 Å². The first-order valence-corrected chi connectivity index (χ1v) is 9.15. The lowest BCUT2D eigenvalue weighted by Crippen LogP contribution is -2.64. The summed E-state index contributed by atoms with van der Waals surface area (Å²) < 4.78 is 56.9. The van der Waals surface area contributed by atoms with Gasteiger partial charge in [0.25, 0.3) is 0 Å². The van der Waals surface area contributed by atoms with E-state index in [9.17, 15) is 17.6 Å². The van der Waals surface area contributed by atoms with E-state index < -0.39 is 12.1 Å². The number of likely N-dealkylation sites (tertiary alicyclic amines) is 1. The lowest BCUT2D eigenvalue weighted by atomic mass is 9.79. The average molecular weight is 407 g/mol. The molecule has 0 amide bonds. The number of halogens is 4. The van der Waals surface area contributed by atoms with Gasteiger partial charge in [-0.3, -0.25) is 4.90 Å². The number of carbonyl (C=O) groups is 1. The molecule has 9 heteroatoms. The molecule has 1 aromatic carbocycles. The molecule has 2 saturated heterocycles. The van der Waals surface area contributed by atoms with Gasteiger partial charge >= 0.3 is 12.1 Å². The third-order valence-electron chi connectivity index (χ3n) is 4.99. The molecule has 1 atom stereocenters. The second-order valence-corrected chi connectivity index (χ2v) is 6.92. The lowest BCUT2D eigenvalue weighted by Gasteiger charge is -2.50. The summed E-state index contributed by atoms with van der Waals surface area (Å²) in [4.78, 5) is 11.2. The number of hydrogen-bond donors (Lipinski definition) is 1. The van der Waals surface area contributed by atoms with Gasteiger partial charge in [0.2, 0.25) is 0 Å². The highest BCUT2D eigenvalue weighted by Crippen LogP contribution is 2.42. The molecule has 2 aliphatic heterocycles. The van der Waals surface area contributed by atoms with Crippen molar-refractivity contribution in [1.82, 2.24) is 4.90 Å². The molecular weight excluding hydrogens is 382 g/mol. The SMILES string of the molecule is CCOCCC1CCOC12CN(Cc1ccccc1F)C2.O=C(O)C(F)(F)F. The van der Waals surface area contributed by atoms with Crippen molar-refractivity contribution in [3.8, 4) is 0 Å². The van der Waals surface area contributed by atoms with Crippen LogP contribution in [0.25, 0.3) is 0 Å². The van der Waals surface area contributed by atoms with Crippen LogP contribution >= 0.6 is 0 Å². The highest BCUT2D eigenvalue weighted by Gasteiger charge is 2.52. The number of rotatable bonds is 6. The van der Waals surface area contributed by atoms with E-state index in [4.69, 9.17) is 19.4 Å². The Morgan fingerprint density at radius 2 is 2.00 bits per heavy atom. The maximum atomic E-state index is 13.7. The number of nitrogens with zero attached hydrogens (tertiary/aromatic N) is 1. The molecule has 5 nitrogen and oxygen atoms in total. The minimum absolute atomic E-state index is 0.00234.